The summed E-state index contributed by atoms with van der Waals surface area (Å²) in [6.07, 6.45) is 6.14. The van der Waals surface area contributed by atoms with Gasteiger partial charge in [0.05, 0.1) is 0 Å². The normalized spacial score (nSPS) is 12.1. The first kappa shape index (κ1) is 29.9. The monoisotopic (exact) mass is 627 g/mol. The molecule has 8 aromatic rings. The van der Waals surface area contributed by atoms with Crippen molar-refractivity contribution in [1.29, 1.82) is 0 Å². The average Bonchev–Trinajstić information content (AvgIpc) is 3.18. The molecule has 0 N–H and O–H groups in total. The van der Waals surface area contributed by atoms with Gasteiger partial charge in [0.1, 0.15) is 0 Å². The van der Waals surface area contributed by atoms with Crippen molar-refractivity contribution in [1.82, 2.24) is 15.0 Å². The molecular weight excluding hydrogens is 595 g/mol. The summed E-state index contributed by atoms with van der Waals surface area (Å²) in [5, 5.41) is 7.63. The molecule has 1 heterocycles. The molecular formula is C46H33N3. The first-order valence-electron chi connectivity index (χ1n) is 16.5. The maximum atomic E-state index is 4.95. The summed E-state index contributed by atoms with van der Waals surface area (Å²) in [6.45, 7) is 6.22. The third-order valence-electron chi connectivity index (χ3n) is 9.02. The summed E-state index contributed by atoms with van der Waals surface area (Å²) in [4.78, 5) is 14.8. The number of nitrogens with zero attached hydrogens (tertiary/aromatic N) is 3. The zero-order valence-electron chi connectivity index (χ0n) is 27.2. The van der Waals surface area contributed by atoms with Crippen LogP contribution in [0.25, 0.3) is 77.6 Å². The van der Waals surface area contributed by atoms with Crippen LogP contribution in [0.3, 0.4) is 0 Å². The first-order chi connectivity index (χ1) is 24.2. The van der Waals surface area contributed by atoms with Gasteiger partial charge in [-0.3, -0.25) is 0 Å². The second-order valence-electron chi connectivity index (χ2n) is 12.2. The highest BCUT2D eigenvalue weighted by Gasteiger charge is 2.14. The largest absolute Gasteiger partial charge is 0.208 e. The quantitative estimate of drug-likeness (QED) is 0.130. The molecule has 0 aliphatic carbocycles. The zero-order valence-corrected chi connectivity index (χ0v) is 27.2. The predicted octanol–water partition coefficient (Wildman–Crippen LogP) is 12.0. The molecule has 3 nitrogen and oxygen atoms in total. The number of hydrogen-bond donors (Lipinski definition) is 0. The summed E-state index contributed by atoms with van der Waals surface area (Å²) < 4.78 is 0. The van der Waals surface area contributed by atoms with Crippen molar-refractivity contribution in [3.05, 3.63) is 188 Å². The van der Waals surface area contributed by atoms with Crippen molar-refractivity contribution in [2.45, 2.75) is 6.92 Å². The van der Waals surface area contributed by atoms with Gasteiger partial charge < -0.3 is 0 Å². The van der Waals surface area contributed by atoms with Crippen molar-refractivity contribution in [3.8, 4) is 34.2 Å². The topological polar surface area (TPSA) is 38.7 Å². The molecule has 0 spiro atoms. The van der Waals surface area contributed by atoms with Crippen molar-refractivity contribution in [2.75, 3.05) is 0 Å². The van der Waals surface area contributed by atoms with Crippen LogP contribution in [0.2, 0.25) is 0 Å². The molecule has 0 bridgehead atoms. The second-order valence-corrected chi connectivity index (χ2v) is 12.2. The van der Waals surface area contributed by atoms with Gasteiger partial charge in [0.15, 0.2) is 17.5 Å². The third kappa shape index (κ3) is 5.83. The molecule has 0 aliphatic rings. The molecule has 0 amide bonds. The number of rotatable bonds is 7. The van der Waals surface area contributed by atoms with Crippen LogP contribution in [-0.4, -0.2) is 15.0 Å². The molecule has 8 rings (SSSR count). The molecule has 0 saturated carbocycles. The minimum atomic E-state index is 0.627. The summed E-state index contributed by atoms with van der Waals surface area (Å²) in [5.41, 5.74) is 7.25. The van der Waals surface area contributed by atoms with Gasteiger partial charge in [-0.05, 0) is 73.6 Å². The van der Waals surface area contributed by atoms with Gasteiger partial charge in [-0.25, -0.2) is 15.0 Å². The van der Waals surface area contributed by atoms with E-state index in [1.54, 1.807) is 0 Å². The summed E-state index contributed by atoms with van der Waals surface area (Å²) in [6, 6.07) is 52.7. The Hall–Kier alpha value is -6.45. The Kier molecular flexibility index (Phi) is 7.93. The Morgan fingerprint density at radius 3 is 1.47 bits per heavy atom. The molecule has 0 unspecified atom stereocenters. The fourth-order valence-corrected chi connectivity index (χ4v) is 6.60. The van der Waals surface area contributed by atoms with E-state index in [0.717, 1.165) is 33.4 Å². The molecule has 0 fully saturated rings. The molecule has 0 atom stereocenters. The third-order valence-corrected chi connectivity index (χ3v) is 9.02. The van der Waals surface area contributed by atoms with Gasteiger partial charge in [-0.15, -0.1) is 0 Å². The van der Waals surface area contributed by atoms with E-state index in [4.69, 9.17) is 15.0 Å². The molecule has 49 heavy (non-hydrogen) atoms. The standard InChI is InChI=1S/C46H33N3/c1-3-15-35(28-31(2)34-26-27-42-40-24-11-10-22-38(40)39-23-12-13-25-41(39)43(42)30-34)36-20-14-21-37(29-36)46-48-44(32-16-6-4-7-17-32)47-45(49-46)33-18-8-5-9-19-33/h3-30H,1H2,2H3/b31-28+,35-15+. The van der Waals surface area contributed by atoms with Gasteiger partial charge in [0.2, 0.25) is 0 Å². The van der Waals surface area contributed by atoms with Gasteiger partial charge in [0, 0.05) is 16.7 Å². The SMILES string of the molecule is C=C/C=C(\C=C(/C)c1ccc2c3ccccc3c3ccccc3c2c1)c1cccc(-c2nc(-c3ccccc3)nc(-c3ccccc3)n2)c1. The van der Waals surface area contributed by atoms with Crippen LogP contribution in [0.15, 0.2) is 176 Å². The van der Waals surface area contributed by atoms with Crippen molar-refractivity contribution in [2.24, 2.45) is 0 Å². The van der Waals surface area contributed by atoms with Crippen LogP contribution in [0.1, 0.15) is 18.1 Å². The molecule has 0 radical (unpaired) electrons. The molecule has 1 aromatic heterocycles. The summed E-state index contributed by atoms with van der Waals surface area (Å²) >= 11 is 0. The Morgan fingerprint density at radius 1 is 0.449 bits per heavy atom. The van der Waals surface area contributed by atoms with Crippen molar-refractivity contribution >= 4 is 43.5 Å². The number of benzene rings is 7. The van der Waals surface area contributed by atoms with Crippen LogP contribution < -0.4 is 0 Å². The van der Waals surface area contributed by atoms with Crippen LogP contribution in [0.4, 0.5) is 0 Å². The zero-order chi connectivity index (χ0) is 33.2. The number of allylic oxidation sites excluding steroid dienone is 5. The summed E-state index contributed by atoms with van der Waals surface area (Å²) in [5.74, 6) is 1.91. The highest BCUT2D eigenvalue weighted by molar-refractivity contribution is 6.25. The minimum absolute atomic E-state index is 0.627. The smallest absolute Gasteiger partial charge is 0.164 e. The predicted molar refractivity (Wildman–Crippen MR) is 207 cm³/mol. The highest BCUT2D eigenvalue weighted by Crippen LogP contribution is 2.37. The van der Waals surface area contributed by atoms with Gasteiger partial charge in [0.25, 0.3) is 0 Å². The van der Waals surface area contributed by atoms with Gasteiger partial charge >= 0.3 is 0 Å². The van der Waals surface area contributed by atoms with E-state index in [-0.39, 0.29) is 0 Å². The van der Waals surface area contributed by atoms with Gasteiger partial charge in [-0.2, -0.15) is 0 Å². The van der Waals surface area contributed by atoms with Crippen molar-refractivity contribution < 1.29 is 0 Å². The Bertz CT molecular complexity index is 2470. The van der Waals surface area contributed by atoms with Crippen LogP contribution in [-0.2, 0) is 0 Å². The Labute approximate surface area is 286 Å². The lowest BCUT2D eigenvalue weighted by Gasteiger charge is -2.13. The molecule has 0 saturated heterocycles. The molecule has 7 aromatic carbocycles. The molecule has 3 heteroatoms. The fourth-order valence-electron chi connectivity index (χ4n) is 6.60. The number of hydrogen-bond acceptors (Lipinski definition) is 3. The van der Waals surface area contributed by atoms with E-state index in [1.165, 1.54) is 37.9 Å². The lowest BCUT2D eigenvalue weighted by Crippen LogP contribution is -2.00. The minimum Gasteiger partial charge on any atom is -0.208 e. The van der Waals surface area contributed by atoms with E-state index < -0.39 is 0 Å². The Balaban J connectivity index is 1.21. The van der Waals surface area contributed by atoms with Crippen LogP contribution >= 0.6 is 0 Å². The van der Waals surface area contributed by atoms with E-state index in [9.17, 15) is 0 Å². The summed E-state index contributed by atoms with van der Waals surface area (Å²) in [7, 11) is 0. The second kappa shape index (κ2) is 13.0. The Morgan fingerprint density at radius 2 is 0.918 bits per heavy atom. The van der Waals surface area contributed by atoms with Gasteiger partial charge in [-0.1, -0.05) is 164 Å². The molecule has 232 valence electrons. The van der Waals surface area contributed by atoms with E-state index in [0.29, 0.717) is 17.5 Å². The van der Waals surface area contributed by atoms with Crippen LogP contribution in [0.5, 0.6) is 0 Å². The number of fused-ring (bicyclic) bond motifs is 6. The first-order valence-corrected chi connectivity index (χ1v) is 16.5. The maximum Gasteiger partial charge on any atom is 0.164 e. The van der Waals surface area contributed by atoms with Crippen LogP contribution in [0, 0.1) is 0 Å². The average molecular weight is 628 g/mol. The molecule has 0 aliphatic heterocycles. The highest BCUT2D eigenvalue weighted by atomic mass is 15.0. The van der Waals surface area contributed by atoms with Crippen molar-refractivity contribution in [3.63, 3.8) is 0 Å². The lowest BCUT2D eigenvalue weighted by atomic mass is 9.91. The maximum absolute atomic E-state index is 4.95. The lowest BCUT2D eigenvalue weighted by molar-refractivity contribution is 1.07. The number of aromatic nitrogens is 3. The van der Waals surface area contributed by atoms with E-state index >= 15 is 0 Å². The van der Waals surface area contributed by atoms with E-state index in [1.807, 2.05) is 66.7 Å². The van der Waals surface area contributed by atoms with E-state index in [2.05, 4.69) is 117 Å². The fraction of sp³-hybridized carbons (Fsp3) is 0.0217.